The molecular formula is C11H10N6O2. The molecule has 2 aromatic heterocycles. The summed E-state index contributed by atoms with van der Waals surface area (Å²) < 4.78 is 10.2. The van der Waals surface area contributed by atoms with E-state index in [4.69, 9.17) is 15.0 Å². The van der Waals surface area contributed by atoms with E-state index in [1.54, 1.807) is 25.3 Å². The first-order chi connectivity index (χ1) is 9.28. The average molecular weight is 258 g/mol. The van der Waals surface area contributed by atoms with E-state index in [2.05, 4.69) is 25.6 Å². The van der Waals surface area contributed by atoms with Crippen LogP contribution in [-0.2, 0) is 0 Å². The van der Waals surface area contributed by atoms with Crippen molar-refractivity contribution in [1.29, 1.82) is 0 Å². The van der Waals surface area contributed by atoms with E-state index in [-0.39, 0.29) is 0 Å². The van der Waals surface area contributed by atoms with Gasteiger partial charge in [0.2, 0.25) is 5.82 Å². The average Bonchev–Trinajstić information content (AvgIpc) is 3.09. The number of hydrogen-bond acceptors (Lipinski definition) is 7. The minimum absolute atomic E-state index is 0.318. The quantitative estimate of drug-likeness (QED) is 0.676. The molecule has 0 fully saturated rings. The molecule has 0 spiro atoms. The number of anilines is 1. The molecule has 0 atom stereocenters. The van der Waals surface area contributed by atoms with E-state index >= 15 is 0 Å². The van der Waals surface area contributed by atoms with Crippen LogP contribution in [-0.4, -0.2) is 32.7 Å². The molecule has 8 nitrogen and oxygen atoms in total. The number of nitrogens with two attached hydrogens (primary N) is 1. The van der Waals surface area contributed by atoms with Gasteiger partial charge in [-0.25, -0.2) is 0 Å². The zero-order valence-electron chi connectivity index (χ0n) is 9.99. The number of nitrogens with zero attached hydrogens (tertiary/aromatic N) is 4. The molecule has 3 aromatic rings. The molecule has 0 bridgehead atoms. The first-order valence-corrected chi connectivity index (χ1v) is 5.41. The summed E-state index contributed by atoms with van der Waals surface area (Å²) >= 11 is 0. The molecule has 1 aromatic carbocycles. The van der Waals surface area contributed by atoms with Crippen molar-refractivity contribution in [3.8, 4) is 28.7 Å². The Hall–Kier alpha value is -2.90. The smallest absolute Gasteiger partial charge is 0.260 e. The molecule has 0 aliphatic carbocycles. The molecule has 0 amide bonds. The minimum Gasteiger partial charge on any atom is -0.497 e. The number of benzene rings is 1. The van der Waals surface area contributed by atoms with Crippen molar-refractivity contribution in [2.75, 3.05) is 12.8 Å². The summed E-state index contributed by atoms with van der Waals surface area (Å²) in [6, 6.07) is 5.22. The fourth-order valence-corrected chi connectivity index (χ4v) is 1.61. The largest absolute Gasteiger partial charge is 0.497 e. The van der Waals surface area contributed by atoms with Crippen LogP contribution in [0.3, 0.4) is 0 Å². The van der Waals surface area contributed by atoms with Crippen LogP contribution in [0.15, 0.2) is 28.9 Å². The highest BCUT2D eigenvalue weighted by atomic mass is 16.5. The van der Waals surface area contributed by atoms with Gasteiger partial charge in [-0.05, 0) is 12.1 Å². The second-order valence-corrected chi connectivity index (χ2v) is 3.73. The lowest BCUT2D eigenvalue weighted by Crippen LogP contribution is -1.92. The number of aromatic nitrogens is 5. The zero-order chi connectivity index (χ0) is 13.2. The van der Waals surface area contributed by atoms with E-state index in [9.17, 15) is 0 Å². The van der Waals surface area contributed by atoms with Crippen LogP contribution in [0.25, 0.3) is 23.0 Å². The molecule has 0 saturated carbocycles. The van der Waals surface area contributed by atoms with Gasteiger partial charge in [-0.2, -0.15) is 20.4 Å². The van der Waals surface area contributed by atoms with Crippen molar-refractivity contribution in [3.63, 3.8) is 0 Å². The minimum atomic E-state index is 0.318. The van der Waals surface area contributed by atoms with Gasteiger partial charge in [0.1, 0.15) is 5.75 Å². The van der Waals surface area contributed by atoms with Gasteiger partial charge >= 0.3 is 0 Å². The lowest BCUT2D eigenvalue weighted by Gasteiger charge is -2.03. The van der Waals surface area contributed by atoms with Gasteiger partial charge in [0.25, 0.3) is 5.89 Å². The van der Waals surface area contributed by atoms with Crippen LogP contribution >= 0.6 is 0 Å². The van der Waals surface area contributed by atoms with Crippen molar-refractivity contribution in [2.45, 2.75) is 0 Å². The Morgan fingerprint density at radius 2 is 2.26 bits per heavy atom. The van der Waals surface area contributed by atoms with Gasteiger partial charge < -0.3 is 15.0 Å². The highest BCUT2D eigenvalue weighted by molar-refractivity contribution is 5.72. The second-order valence-electron chi connectivity index (χ2n) is 3.73. The molecule has 2 heterocycles. The van der Waals surface area contributed by atoms with Crippen LogP contribution in [0.2, 0.25) is 0 Å². The summed E-state index contributed by atoms with van der Waals surface area (Å²) in [7, 11) is 1.57. The van der Waals surface area contributed by atoms with Crippen LogP contribution in [0.1, 0.15) is 0 Å². The third-order valence-corrected chi connectivity index (χ3v) is 2.56. The Bertz CT molecular complexity index is 691. The summed E-state index contributed by atoms with van der Waals surface area (Å²) in [6.45, 7) is 0. The fourth-order valence-electron chi connectivity index (χ4n) is 1.61. The van der Waals surface area contributed by atoms with E-state index in [0.717, 1.165) is 0 Å². The fraction of sp³-hybridized carbons (Fsp3) is 0.0909. The SMILES string of the molecule is COc1ccc(-c2nc(-c3cn[nH]n3)no2)c(N)c1. The molecule has 0 unspecified atom stereocenters. The van der Waals surface area contributed by atoms with E-state index < -0.39 is 0 Å². The maximum absolute atomic E-state index is 5.91. The Balaban J connectivity index is 1.99. The molecule has 0 aliphatic heterocycles. The van der Waals surface area contributed by atoms with Crippen molar-refractivity contribution < 1.29 is 9.26 Å². The lowest BCUT2D eigenvalue weighted by molar-refractivity contribution is 0.414. The maximum atomic E-state index is 5.91. The van der Waals surface area contributed by atoms with Crippen molar-refractivity contribution in [1.82, 2.24) is 25.6 Å². The number of aromatic amines is 1. The van der Waals surface area contributed by atoms with Gasteiger partial charge in [0.05, 0.1) is 18.9 Å². The Morgan fingerprint density at radius 1 is 1.37 bits per heavy atom. The number of H-pyrrole nitrogens is 1. The number of nitrogens with one attached hydrogen (secondary N) is 1. The lowest BCUT2D eigenvalue weighted by atomic mass is 10.1. The van der Waals surface area contributed by atoms with Crippen LogP contribution < -0.4 is 10.5 Å². The van der Waals surface area contributed by atoms with Crippen LogP contribution in [0.5, 0.6) is 5.75 Å². The molecular weight excluding hydrogens is 248 g/mol. The standard InChI is InChI=1S/C11H10N6O2/c1-18-6-2-3-7(8(12)4-6)11-14-10(16-19-11)9-5-13-17-15-9/h2-5H,12H2,1H3,(H,13,15,17). The van der Waals surface area contributed by atoms with Gasteiger partial charge in [0, 0.05) is 11.8 Å². The summed E-state index contributed by atoms with van der Waals surface area (Å²) in [6.07, 6.45) is 1.51. The van der Waals surface area contributed by atoms with Gasteiger partial charge in [0.15, 0.2) is 5.69 Å². The maximum Gasteiger partial charge on any atom is 0.260 e. The zero-order valence-corrected chi connectivity index (χ0v) is 9.99. The molecule has 3 rings (SSSR count). The number of nitrogen functional groups attached to an aromatic ring is 1. The first-order valence-electron chi connectivity index (χ1n) is 5.41. The number of hydrogen-bond donors (Lipinski definition) is 2. The van der Waals surface area contributed by atoms with E-state index in [1.165, 1.54) is 6.20 Å². The molecule has 0 saturated heterocycles. The summed E-state index contributed by atoms with van der Waals surface area (Å²) in [4.78, 5) is 4.22. The molecule has 8 heteroatoms. The second kappa shape index (κ2) is 4.41. The number of ether oxygens (including phenoxy) is 1. The Kier molecular flexibility index (Phi) is 2.60. The molecule has 96 valence electrons. The topological polar surface area (TPSA) is 116 Å². The number of methoxy groups -OCH3 is 1. The summed E-state index contributed by atoms with van der Waals surface area (Å²) in [5.41, 5.74) is 7.55. The molecule has 0 radical (unpaired) electrons. The predicted octanol–water partition coefficient (Wildman–Crippen LogP) is 1.11. The van der Waals surface area contributed by atoms with Gasteiger partial charge in [-0.15, -0.1) is 0 Å². The molecule has 3 N–H and O–H groups in total. The van der Waals surface area contributed by atoms with Crippen LogP contribution in [0.4, 0.5) is 5.69 Å². The van der Waals surface area contributed by atoms with Crippen molar-refractivity contribution in [3.05, 3.63) is 24.4 Å². The van der Waals surface area contributed by atoms with Crippen molar-refractivity contribution >= 4 is 5.69 Å². The first kappa shape index (κ1) is 11.2. The summed E-state index contributed by atoms with van der Waals surface area (Å²) in [5.74, 6) is 1.33. The third-order valence-electron chi connectivity index (χ3n) is 2.56. The third kappa shape index (κ3) is 1.99. The normalized spacial score (nSPS) is 10.6. The van der Waals surface area contributed by atoms with Gasteiger partial charge in [-0.3, -0.25) is 0 Å². The van der Waals surface area contributed by atoms with E-state index in [1.807, 2.05) is 0 Å². The van der Waals surface area contributed by atoms with Crippen molar-refractivity contribution in [2.24, 2.45) is 0 Å². The van der Waals surface area contributed by atoms with E-state index in [0.29, 0.717) is 34.4 Å². The predicted molar refractivity (Wildman–Crippen MR) is 66.1 cm³/mol. The Labute approximate surface area is 107 Å². The van der Waals surface area contributed by atoms with Gasteiger partial charge in [-0.1, -0.05) is 5.16 Å². The highest BCUT2D eigenvalue weighted by Crippen LogP contribution is 2.29. The molecule has 0 aliphatic rings. The number of rotatable bonds is 3. The summed E-state index contributed by atoms with van der Waals surface area (Å²) in [5, 5.41) is 13.9. The van der Waals surface area contributed by atoms with Crippen LogP contribution in [0, 0.1) is 0 Å². The highest BCUT2D eigenvalue weighted by Gasteiger charge is 2.14. The monoisotopic (exact) mass is 258 g/mol. The Morgan fingerprint density at radius 3 is 2.95 bits per heavy atom. The molecule has 19 heavy (non-hydrogen) atoms.